The molecule has 0 amide bonds. The zero-order valence-electron chi connectivity index (χ0n) is 14.1. The minimum atomic E-state index is -4.52. The number of unbranched alkanes of at least 4 members (excludes halogenated alkanes) is 2. The quantitative estimate of drug-likeness (QED) is 0.408. The molecule has 0 aromatic heterocycles. The van der Waals surface area contributed by atoms with E-state index in [0.29, 0.717) is 11.6 Å². The number of alkyl halides is 3. The highest BCUT2D eigenvalue weighted by Crippen LogP contribution is 2.34. The molecule has 1 aromatic carbocycles. The van der Waals surface area contributed by atoms with Gasteiger partial charge in [-0.05, 0) is 31.4 Å². The second kappa shape index (κ2) is 10.1. The van der Waals surface area contributed by atoms with E-state index in [4.69, 9.17) is 0 Å². The lowest BCUT2D eigenvalue weighted by molar-refractivity contribution is -0.137. The van der Waals surface area contributed by atoms with Crippen LogP contribution in [0.4, 0.5) is 17.6 Å². The largest absolute Gasteiger partial charge is 0.416 e. The average molecular weight is 381 g/mol. The Morgan fingerprint density at radius 1 is 1.20 bits per heavy atom. The van der Waals surface area contributed by atoms with Gasteiger partial charge in [0, 0.05) is 37.8 Å². The third-order valence-corrected chi connectivity index (χ3v) is 4.41. The second-order valence-electron chi connectivity index (χ2n) is 6.11. The Bertz CT molecular complexity index is 542. The van der Waals surface area contributed by atoms with Crippen LogP contribution < -0.4 is 5.32 Å². The summed E-state index contributed by atoms with van der Waals surface area (Å²) in [6.07, 6.45) is 0.793. The second-order valence-corrected chi connectivity index (χ2v) is 6.11. The zero-order chi connectivity index (χ0) is 17.6. The number of halogens is 5. The zero-order valence-corrected chi connectivity index (χ0v) is 14.9. The molecule has 0 bridgehead atoms. The van der Waals surface area contributed by atoms with Gasteiger partial charge in [-0.1, -0.05) is 18.6 Å². The van der Waals surface area contributed by atoms with E-state index in [-0.39, 0.29) is 18.4 Å². The fraction of sp³-hybridized carbons (Fsp3) is 0.556. The van der Waals surface area contributed by atoms with Gasteiger partial charge in [-0.3, -0.25) is 4.90 Å². The Balaban J connectivity index is 0.00000312. The molecule has 0 aliphatic carbocycles. The molecule has 1 aromatic rings. The fourth-order valence-corrected chi connectivity index (χ4v) is 3.13. The van der Waals surface area contributed by atoms with E-state index >= 15 is 0 Å². The predicted octanol–water partition coefficient (Wildman–Crippen LogP) is 4.96. The van der Waals surface area contributed by atoms with Gasteiger partial charge in [0.1, 0.15) is 5.82 Å². The van der Waals surface area contributed by atoms with Gasteiger partial charge in [-0.15, -0.1) is 19.0 Å². The standard InChI is InChI=1S/C18H24F4N2.ClH/c1-2-3-4-5-6-17(24-11-9-23-10-12-24)15-8-7-14(13-16(15)19)18(20,21)22;/h2,7-8,13,17,23H,1,3-6,9-12H2;1H/t17-;/m0./s1. The lowest BCUT2D eigenvalue weighted by Crippen LogP contribution is -2.45. The first-order valence-corrected chi connectivity index (χ1v) is 8.36. The number of piperazine rings is 1. The molecule has 2 nitrogen and oxygen atoms in total. The summed E-state index contributed by atoms with van der Waals surface area (Å²) in [6, 6.07) is 2.73. The Kier molecular flexibility index (Phi) is 8.89. The number of nitrogens with zero attached hydrogens (tertiary/aromatic N) is 1. The highest BCUT2D eigenvalue weighted by Gasteiger charge is 2.32. The van der Waals surface area contributed by atoms with Crippen molar-refractivity contribution in [1.82, 2.24) is 10.2 Å². The Morgan fingerprint density at radius 2 is 1.88 bits per heavy atom. The molecular weight excluding hydrogens is 356 g/mol. The summed E-state index contributed by atoms with van der Waals surface area (Å²) in [4.78, 5) is 2.16. The van der Waals surface area contributed by atoms with Crippen LogP contribution in [0, 0.1) is 5.82 Å². The summed E-state index contributed by atoms with van der Waals surface area (Å²) in [5, 5.41) is 3.24. The first-order valence-electron chi connectivity index (χ1n) is 8.36. The van der Waals surface area contributed by atoms with Crippen molar-refractivity contribution in [1.29, 1.82) is 0 Å². The van der Waals surface area contributed by atoms with Crippen LogP contribution in [0.2, 0.25) is 0 Å². The van der Waals surface area contributed by atoms with Crippen LogP contribution in [0.3, 0.4) is 0 Å². The molecule has 7 heteroatoms. The third-order valence-electron chi connectivity index (χ3n) is 4.41. The van der Waals surface area contributed by atoms with Gasteiger partial charge in [0.05, 0.1) is 5.56 Å². The molecule has 1 atom stereocenters. The van der Waals surface area contributed by atoms with Crippen LogP contribution in [0.1, 0.15) is 42.9 Å². The van der Waals surface area contributed by atoms with Crippen molar-refractivity contribution in [2.75, 3.05) is 26.2 Å². The van der Waals surface area contributed by atoms with Crippen molar-refractivity contribution in [2.45, 2.75) is 37.9 Å². The molecule has 0 radical (unpaired) electrons. The number of benzene rings is 1. The summed E-state index contributed by atoms with van der Waals surface area (Å²) >= 11 is 0. The molecule has 25 heavy (non-hydrogen) atoms. The molecular formula is C18H25ClF4N2. The summed E-state index contributed by atoms with van der Waals surface area (Å²) in [5.41, 5.74) is -0.571. The van der Waals surface area contributed by atoms with Gasteiger partial charge in [-0.2, -0.15) is 13.2 Å². The Hall–Kier alpha value is -1.11. The summed E-state index contributed by atoms with van der Waals surface area (Å²) in [5.74, 6) is -0.767. The molecule has 1 N–H and O–H groups in total. The SMILES string of the molecule is C=CCCCC[C@@H](c1ccc(C(F)(F)F)cc1F)N1CCNCC1.Cl. The molecule has 1 heterocycles. The van der Waals surface area contributed by atoms with Crippen molar-refractivity contribution < 1.29 is 17.6 Å². The van der Waals surface area contributed by atoms with Gasteiger partial charge in [0.2, 0.25) is 0 Å². The van der Waals surface area contributed by atoms with Crippen LogP contribution in [0.5, 0.6) is 0 Å². The van der Waals surface area contributed by atoms with Crippen LogP contribution in [-0.2, 0) is 6.18 Å². The van der Waals surface area contributed by atoms with Crippen molar-refractivity contribution in [3.8, 4) is 0 Å². The smallest absolute Gasteiger partial charge is 0.314 e. The van der Waals surface area contributed by atoms with Gasteiger partial charge in [0.25, 0.3) is 0 Å². The molecule has 1 aliphatic heterocycles. The topological polar surface area (TPSA) is 15.3 Å². The fourth-order valence-electron chi connectivity index (χ4n) is 3.13. The van der Waals surface area contributed by atoms with E-state index in [0.717, 1.165) is 57.9 Å². The average Bonchev–Trinajstić information content (AvgIpc) is 2.55. The number of hydrogen-bond acceptors (Lipinski definition) is 2. The van der Waals surface area contributed by atoms with Gasteiger partial charge >= 0.3 is 6.18 Å². The maximum Gasteiger partial charge on any atom is 0.416 e. The van der Waals surface area contributed by atoms with E-state index in [1.165, 1.54) is 6.07 Å². The van der Waals surface area contributed by atoms with Crippen LogP contribution in [0.15, 0.2) is 30.9 Å². The Labute approximate surface area is 152 Å². The Morgan fingerprint density at radius 3 is 2.44 bits per heavy atom. The van der Waals surface area contributed by atoms with E-state index in [1.807, 2.05) is 6.08 Å². The minimum absolute atomic E-state index is 0. The predicted molar refractivity (Wildman–Crippen MR) is 94.5 cm³/mol. The van der Waals surface area contributed by atoms with E-state index in [1.54, 1.807) is 0 Å². The monoisotopic (exact) mass is 380 g/mol. The summed E-state index contributed by atoms with van der Waals surface area (Å²) in [7, 11) is 0. The number of nitrogens with one attached hydrogen (secondary N) is 1. The first-order chi connectivity index (χ1) is 11.4. The van der Waals surface area contributed by atoms with Crippen molar-refractivity contribution in [3.63, 3.8) is 0 Å². The molecule has 0 saturated carbocycles. The molecule has 0 spiro atoms. The molecule has 2 rings (SSSR count). The lowest BCUT2D eigenvalue weighted by Gasteiger charge is -2.35. The number of allylic oxidation sites excluding steroid dienone is 1. The normalized spacial score (nSPS) is 17.0. The summed E-state index contributed by atoms with van der Waals surface area (Å²) < 4.78 is 52.6. The van der Waals surface area contributed by atoms with Crippen molar-refractivity contribution >= 4 is 12.4 Å². The molecule has 0 unspecified atom stereocenters. The number of hydrogen-bond donors (Lipinski definition) is 1. The molecule has 142 valence electrons. The first kappa shape index (κ1) is 21.9. The van der Waals surface area contributed by atoms with Crippen LogP contribution in [0.25, 0.3) is 0 Å². The molecule has 1 aliphatic rings. The van der Waals surface area contributed by atoms with Gasteiger partial charge in [0.15, 0.2) is 0 Å². The van der Waals surface area contributed by atoms with E-state index < -0.39 is 17.6 Å². The maximum atomic E-state index is 14.4. The lowest BCUT2D eigenvalue weighted by atomic mass is 9.96. The minimum Gasteiger partial charge on any atom is -0.314 e. The van der Waals surface area contributed by atoms with Gasteiger partial charge in [-0.25, -0.2) is 4.39 Å². The highest BCUT2D eigenvalue weighted by molar-refractivity contribution is 5.85. The van der Waals surface area contributed by atoms with E-state index in [9.17, 15) is 17.6 Å². The van der Waals surface area contributed by atoms with Crippen molar-refractivity contribution in [2.24, 2.45) is 0 Å². The third kappa shape index (κ3) is 6.28. The number of rotatable bonds is 7. The maximum absolute atomic E-state index is 14.4. The van der Waals surface area contributed by atoms with E-state index in [2.05, 4.69) is 16.8 Å². The summed E-state index contributed by atoms with van der Waals surface area (Å²) in [6.45, 7) is 6.85. The van der Waals surface area contributed by atoms with Gasteiger partial charge < -0.3 is 5.32 Å². The van der Waals surface area contributed by atoms with Crippen molar-refractivity contribution in [3.05, 3.63) is 47.8 Å². The molecule has 1 saturated heterocycles. The molecule has 1 fully saturated rings. The highest BCUT2D eigenvalue weighted by atomic mass is 35.5. The van der Waals surface area contributed by atoms with Crippen LogP contribution in [-0.4, -0.2) is 31.1 Å². The van der Waals surface area contributed by atoms with Crippen LogP contribution >= 0.6 is 12.4 Å².